The number of carbonyl (C=O) groups excluding carboxylic acids is 1. The number of rotatable bonds is 8. The van der Waals surface area contributed by atoms with Crippen LogP contribution in [0.3, 0.4) is 0 Å². The van der Waals surface area contributed by atoms with Gasteiger partial charge in [0, 0.05) is 18.4 Å². The molecular weight excluding hydrogens is 407 g/mol. The molecule has 1 aromatic rings. The van der Waals surface area contributed by atoms with Crippen LogP contribution in [-0.4, -0.2) is 35.2 Å². The predicted octanol–water partition coefficient (Wildman–Crippen LogP) is 4.58. The molecule has 0 aromatic heterocycles. The standard InChI is InChI=1S/C15H18F3N3O6S/c1-5-8(6-2)19(28-4)12-10(20(23)24)7-9(15(16,17)18)11(14(22)27-3)13(12)21(25)26/h7-8H,5-6H2,1-4H3. The SMILES string of the molecule is CCC(CC)N(SC)c1c([N+](=O)[O-])cc(C(F)(F)F)c(C(=O)OC)c1[N+](=O)[O-]. The summed E-state index contributed by atoms with van der Waals surface area (Å²) in [6, 6.07) is -0.324. The molecule has 156 valence electrons. The zero-order chi connectivity index (χ0) is 21.8. The largest absolute Gasteiger partial charge is 0.465 e. The van der Waals surface area contributed by atoms with Gasteiger partial charge in [-0.2, -0.15) is 13.2 Å². The number of nitro benzene ring substituents is 2. The third kappa shape index (κ3) is 4.46. The Morgan fingerprint density at radius 2 is 1.79 bits per heavy atom. The molecular formula is C15H18F3N3O6S. The fourth-order valence-electron chi connectivity index (χ4n) is 2.75. The first-order chi connectivity index (χ1) is 13.0. The zero-order valence-corrected chi connectivity index (χ0v) is 16.2. The monoisotopic (exact) mass is 425 g/mol. The van der Waals surface area contributed by atoms with Crippen molar-refractivity contribution in [2.75, 3.05) is 17.7 Å². The minimum Gasteiger partial charge on any atom is -0.465 e. The molecule has 0 bridgehead atoms. The molecule has 0 aliphatic rings. The van der Waals surface area contributed by atoms with E-state index in [9.17, 15) is 38.2 Å². The normalized spacial score (nSPS) is 11.4. The van der Waals surface area contributed by atoms with Crippen LogP contribution in [0.25, 0.3) is 0 Å². The summed E-state index contributed by atoms with van der Waals surface area (Å²) < 4.78 is 45.9. The van der Waals surface area contributed by atoms with Crippen molar-refractivity contribution in [3.05, 3.63) is 37.4 Å². The molecule has 28 heavy (non-hydrogen) atoms. The van der Waals surface area contributed by atoms with E-state index < -0.39 is 56.2 Å². The molecule has 0 aliphatic heterocycles. The summed E-state index contributed by atoms with van der Waals surface area (Å²) in [7, 11) is 0.764. The van der Waals surface area contributed by atoms with Crippen LogP contribution in [-0.2, 0) is 10.9 Å². The molecule has 0 spiro atoms. The molecule has 1 aromatic carbocycles. The predicted molar refractivity (Wildman–Crippen MR) is 96.5 cm³/mol. The smallest absolute Gasteiger partial charge is 0.417 e. The number of benzene rings is 1. The van der Waals surface area contributed by atoms with Crippen LogP contribution in [0, 0.1) is 20.2 Å². The molecule has 0 radical (unpaired) electrons. The van der Waals surface area contributed by atoms with Crippen LogP contribution < -0.4 is 4.31 Å². The number of nitro groups is 2. The summed E-state index contributed by atoms with van der Waals surface area (Å²) in [5.74, 6) is -1.61. The van der Waals surface area contributed by atoms with Gasteiger partial charge in [0.2, 0.25) is 5.69 Å². The van der Waals surface area contributed by atoms with E-state index in [1.165, 1.54) is 10.6 Å². The average molecular weight is 425 g/mol. The van der Waals surface area contributed by atoms with Crippen LogP contribution in [0.4, 0.5) is 30.2 Å². The lowest BCUT2D eigenvalue weighted by molar-refractivity contribution is -0.393. The lowest BCUT2D eigenvalue weighted by Crippen LogP contribution is -2.30. The third-order valence-corrected chi connectivity index (χ3v) is 4.89. The van der Waals surface area contributed by atoms with Gasteiger partial charge in [0.15, 0.2) is 5.56 Å². The third-order valence-electron chi connectivity index (χ3n) is 4.02. The van der Waals surface area contributed by atoms with Crippen LogP contribution >= 0.6 is 11.9 Å². The number of ether oxygens (including phenoxy) is 1. The average Bonchev–Trinajstić information content (AvgIpc) is 2.62. The molecule has 0 heterocycles. The lowest BCUT2D eigenvalue weighted by atomic mass is 10.0. The molecule has 0 saturated carbocycles. The molecule has 9 nitrogen and oxygen atoms in total. The van der Waals surface area contributed by atoms with Crippen LogP contribution in [0.1, 0.15) is 42.6 Å². The quantitative estimate of drug-likeness (QED) is 0.257. The van der Waals surface area contributed by atoms with E-state index in [4.69, 9.17) is 0 Å². The summed E-state index contributed by atoms with van der Waals surface area (Å²) in [5, 5.41) is 23.2. The van der Waals surface area contributed by atoms with E-state index in [1.807, 2.05) is 0 Å². The van der Waals surface area contributed by atoms with Gasteiger partial charge in [0.05, 0.1) is 22.5 Å². The molecule has 0 fully saturated rings. The van der Waals surface area contributed by atoms with E-state index in [0.29, 0.717) is 12.8 Å². The number of nitrogens with zero attached hydrogens (tertiary/aromatic N) is 3. The van der Waals surface area contributed by atoms with Crippen molar-refractivity contribution in [1.82, 2.24) is 0 Å². The minimum atomic E-state index is -5.25. The van der Waals surface area contributed by atoms with E-state index in [2.05, 4.69) is 4.74 Å². The van der Waals surface area contributed by atoms with E-state index >= 15 is 0 Å². The van der Waals surface area contributed by atoms with E-state index in [-0.39, 0.29) is 6.07 Å². The Hall–Kier alpha value is -2.57. The first-order valence-electron chi connectivity index (χ1n) is 7.94. The summed E-state index contributed by atoms with van der Waals surface area (Å²) in [6.45, 7) is 3.45. The maximum Gasteiger partial charge on any atom is 0.417 e. The van der Waals surface area contributed by atoms with Gasteiger partial charge in [-0.25, -0.2) is 4.79 Å². The summed E-state index contributed by atoms with van der Waals surface area (Å²) in [6.07, 6.45) is -2.97. The van der Waals surface area contributed by atoms with Gasteiger partial charge >= 0.3 is 23.5 Å². The van der Waals surface area contributed by atoms with Crippen LogP contribution in [0.5, 0.6) is 0 Å². The van der Waals surface area contributed by atoms with Gasteiger partial charge in [-0.1, -0.05) is 25.8 Å². The number of hydrogen-bond acceptors (Lipinski definition) is 8. The number of methoxy groups -OCH3 is 1. The van der Waals surface area contributed by atoms with Gasteiger partial charge in [0.1, 0.15) is 0 Å². The molecule has 13 heteroatoms. The Balaban J connectivity index is 4.21. The van der Waals surface area contributed by atoms with Crippen molar-refractivity contribution in [3.63, 3.8) is 0 Å². The Morgan fingerprint density at radius 3 is 2.11 bits per heavy atom. The minimum absolute atomic E-state index is 0.139. The van der Waals surface area contributed by atoms with Crippen LogP contribution in [0.2, 0.25) is 0 Å². The Bertz CT molecular complexity index is 783. The van der Waals surface area contributed by atoms with Gasteiger partial charge in [-0.15, -0.1) is 0 Å². The second-order valence-electron chi connectivity index (χ2n) is 5.50. The van der Waals surface area contributed by atoms with Crippen LogP contribution in [0.15, 0.2) is 6.07 Å². The van der Waals surface area contributed by atoms with Crippen molar-refractivity contribution in [2.45, 2.75) is 38.9 Å². The molecule has 0 amide bonds. The second-order valence-corrected chi connectivity index (χ2v) is 6.26. The van der Waals surface area contributed by atoms with Crippen molar-refractivity contribution in [2.24, 2.45) is 0 Å². The van der Waals surface area contributed by atoms with Crippen molar-refractivity contribution in [1.29, 1.82) is 0 Å². The maximum absolute atomic E-state index is 13.5. The molecule has 1 rings (SSSR count). The Morgan fingerprint density at radius 1 is 1.25 bits per heavy atom. The molecule has 0 saturated heterocycles. The summed E-state index contributed by atoms with van der Waals surface area (Å²) >= 11 is 0.876. The van der Waals surface area contributed by atoms with Gasteiger partial charge in [-0.3, -0.25) is 20.2 Å². The second kappa shape index (κ2) is 9.08. The number of carbonyl (C=O) groups is 1. The lowest BCUT2D eigenvalue weighted by Gasteiger charge is -2.30. The number of alkyl halides is 3. The molecule has 0 unspecified atom stereocenters. The van der Waals surface area contributed by atoms with E-state index in [1.54, 1.807) is 13.8 Å². The highest BCUT2D eigenvalue weighted by molar-refractivity contribution is 8.00. The number of anilines is 1. The number of hydrogen-bond donors (Lipinski definition) is 0. The van der Waals surface area contributed by atoms with Gasteiger partial charge < -0.3 is 9.04 Å². The van der Waals surface area contributed by atoms with Gasteiger partial charge in [0.25, 0.3) is 0 Å². The molecule has 0 aliphatic carbocycles. The Labute approximate surface area is 162 Å². The molecule has 0 atom stereocenters. The number of esters is 1. The highest BCUT2D eigenvalue weighted by Gasteiger charge is 2.47. The number of halogens is 3. The first kappa shape index (κ1) is 23.5. The molecule has 0 N–H and O–H groups in total. The highest BCUT2D eigenvalue weighted by atomic mass is 32.2. The Kier molecular flexibility index (Phi) is 7.61. The highest BCUT2D eigenvalue weighted by Crippen LogP contribution is 2.49. The first-order valence-corrected chi connectivity index (χ1v) is 9.12. The van der Waals surface area contributed by atoms with E-state index in [0.717, 1.165) is 19.1 Å². The fourth-order valence-corrected chi connectivity index (χ4v) is 3.71. The van der Waals surface area contributed by atoms with Gasteiger partial charge in [-0.05, 0) is 12.8 Å². The van der Waals surface area contributed by atoms with Crippen molar-refractivity contribution < 1.29 is 32.5 Å². The summed E-state index contributed by atoms with van der Waals surface area (Å²) in [4.78, 5) is 32.9. The fraction of sp³-hybridized carbons (Fsp3) is 0.533. The van der Waals surface area contributed by atoms with Crippen molar-refractivity contribution >= 4 is 35.0 Å². The zero-order valence-electron chi connectivity index (χ0n) is 15.4. The summed E-state index contributed by atoms with van der Waals surface area (Å²) in [5.41, 5.74) is -6.27. The topological polar surface area (TPSA) is 116 Å². The maximum atomic E-state index is 13.5. The van der Waals surface area contributed by atoms with Crippen molar-refractivity contribution in [3.8, 4) is 0 Å².